The van der Waals surface area contributed by atoms with Crippen molar-refractivity contribution in [1.82, 2.24) is 4.90 Å². The Balaban J connectivity index is 1.88. The third-order valence-corrected chi connectivity index (χ3v) is 5.25. The van der Waals surface area contributed by atoms with Crippen molar-refractivity contribution in [3.63, 3.8) is 0 Å². The van der Waals surface area contributed by atoms with Gasteiger partial charge in [0.15, 0.2) is 0 Å². The van der Waals surface area contributed by atoms with E-state index in [1.165, 1.54) is 18.1 Å². The minimum Gasteiger partial charge on any atom is -0.481 e. The van der Waals surface area contributed by atoms with Crippen molar-refractivity contribution in [2.24, 2.45) is 0 Å². The number of aliphatic carboxylic acids is 1. The van der Waals surface area contributed by atoms with Crippen LogP contribution in [0, 0.1) is 10.1 Å². The van der Waals surface area contributed by atoms with Crippen LogP contribution in [0.3, 0.4) is 0 Å². The molecule has 2 aliphatic heterocycles. The molecule has 1 N–H and O–H groups in total. The summed E-state index contributed by atoms with van der Waals surface area (Å²) in [4.78, 5) is 38.5. The zero-order valence-electron chi connectivity index (χ0n) is 15.2. The molecule has 2 heterocycles. The fourth-order valence-electron chi connectivity index (χ4n) is 3.88. The molecule has 0 aliphatic carbocycles. The lowest BCUT2D eigenvalue weighted by Crippen LogP contribution is -2.37. The summed E-state index contributed by atoms with van der Waals surface area (Å²) in [5.74, 6) is -1.40. The highest BCUT2D eigenvalue weighted by atomic mass is 16.6. The molecular weight excluding hydrogens is 354 g/mol. The number of hydrogen-bond donors (Lipinski definition) is 1. The van der Waals surface area contributed by atoms with Crippen LogP contribution in [-0.2, 0) is 9.53 Å². The number of nitro groups is 1. The van der Waals surface area contributed by atoms with Crippen LogP contribution in [0.5, 0.6) is 0 Å². The number of amides is 1. The van der Waals surface area contributed by atoms with E-state index in [-0.39, 0.29) is 30.3 Å². The first-order valence-electron chi connectivity index (χ1n) is 8.99. The van der Waals surface area contributed by atoms with Crippen LogP contribution in [0.1, 0.15) is 36.0 Å². The van der Waals surface area contributed by atoms with E-state index in [0.717, 1.165) is 25.9 Å². The highest BCUT2D eigenvalue weighted by Gasteiger charge is 2.37. The molecule has 146 valence electrons. The number of carboxylic acid groups (broad SMARTS) is 1. The quantitative estimate of drug-likeness (QED) is 0.595. The maximum Gasteiger partial charge on any atom is 0.305 e. The number of nitro benzene ring substituents is 1. The number of hydrogen-bond acceptors (Lipinski definition) is 6. The lowest BCUT2D eigenvalue weighted by molar-refractivity contribution is -0.384. The Bertz CT molecular complexity index is 747. The molecule has 2 saturated heterocycles. The summed E-state index contributed by atoms with van der Waals surface area (Å²) in [5, 5.41) is 20.6. The third-order valence-electron chi connectivity index (χ3n) is 5.25. The van der Waals surface area contributed by atoms with Crippen LogP contribution < -0.4 is 4.90 Å². The van der Waals surface area contributed by atoms with Gasteiger partial charge in [0.25, 0.3) is 11.6 Å². The minimum atomic E-state index is -0.995. The second-order valence-corrected chi connectivity index (χ2v) is 6.96. The SMILES string of the molecule is COC1CC(CC(=O)O)N(C(=O)c2ccc(N3CCCC3)c([N+](=O)[O-])c2)C1. The first-order chi connectivity index (χ1) is 12.9. The summed E-state index contributed by atoms with van der Waals surface area (Å²) < 4.78 is 5.29. The van der Waals surface area contributed by atoms with E-state index in [1.54, 1.807) is 12.1 Å². The molecule has 9 nitrogen and oxygen atoms in total. The first-order valence-corrected chi connectivity index (χ1v) is 8.99. The molecule has 2 fully saturated rings. The molecule has 2 aliphatic rings. The lowest BCUT2D eigenvalue weighted by Gasteiger charge is -2.24. The molecule has 1 aromatic rings. The van der Waals surface area contributed by atoms with E-state index in [0.29, 0.717) is 12.1 Å². The molecule has 0 aromatic heterocycles. The minimum absolute atomic E-state index is 0.0972. The van der Waals surface area contributed by atoms with Crippen molar-refractivity contribution in [2.75, 3.05) is 31.6 Å². The number of ether oxygens (including phenoxy) is 1. The molecule has 9 heteroatoms. The van der Waals surface area contributed by atoms with E-state index in [9.17, 15) is 19.7 Å². The molecule has 0 bridgehead atoms. The van der Waals surface area contributed by atoms with Crippen LogP contribution >= 0.6 is 0 Å². The first kappa shape index (κ1) is 19.1. The van der Waals surface area contributed by atoms with Crippen molar-refractivity contribution in [1.29, 1.82) is 0 Å². The van der Waals surface area contributed by atoms with Gasteiger partial charge in [-0.25, -0.2) is 0 Å². The van der Waals surface area contributed by atoms with Crippen LogP contribution in [0.25, 0.3) is 0 Å². The van der Waals surface area contributed by atoms with Crippen LogP contribution in [-0.4, -0.2) is 65.7 Å². The van der Waals surface area contributed by atoms with Gasteiger partial charge in [-0.05, 0) is 31.4 Å². The summed E-state index contributed by atoms with van der Waals surface area (Å²) in [5.41, 5.74) is 0.615. The Morgan fingerprint density at radius 2 is 2.04 bits per heavy atom. The predicted octanol–water partition coefficient (Wildman–Crippen LogP) is 1.90. The van der Waals surface area contributed by atoms with Crippen LogP contribution in [0.2, 0.25) is 0 Å². The van der Waals surface area contributed by atoms with Gasteiger partial charge in [0, 0.05) is 44.4 Å². The van der Waals surface area contributed by atoms with Gasteiger partial charge in [0.05, 0.1) is 17.4 Å². The van der Waals surface area contributed by atoms with Gasteiger partial charge >= 0.3 is 5.97 Å². The van der Waals surface area contributed by atoms with Crippen LogP contribution in [0.15, 0.2) is 18.2 Å². The van der Waals surface area contributed by atoms with E-state index < -0.39 is 22.8 Å². The third kappa shape index (κ3) is 4.02. The Hall–Kier alpha value is -2.68. The number of carbonyl (C=O) groups excluding carboxylic acids is 1. The predicted molar refractivity (Wildman–Crippen MR) is 97.0 cm³/mol. The van der Waals surface area contributed by atoms with Gasteiger partial charge in [-0.1, -0.05) is 0 Å². The topological polar surface area (TPSA) is 113 Å². The van der Waals surface area contributed by atoms with E-state index in [1.807, 2.05) is 4.90 Å². The molecule has 0 spiro atoms. The average molecular weight is 377 g/mol. The second-order valence-electron chi connectivity index (χ2n) is 6.96. The molecule has 27 heavy (non-hydrogen) atoms. The maximum atomic E-state index is 12.9. The molecule has 1 amide bonds. The number of likely N-dealkylation sites (tertiary alicyclic amines) is 1. The number of anilines is 1. The van der Waals surface area contributed by atoms with E-state index >= 15 is 0 Å². The monoisotopic (exact) mass is 377 g/mol. The summed E-state index contributed by atoms with van der Waals surface area (Å²) in [7, 11) is 1.52. The summed E-state index contributed by atoms with van der Waals surface area (Å²) in [6, 6.07) is 4.01. The standard InChI is InChI=1S/C18H23N3O6/c1-27-14-9-13(10-17(22)23)20(11-14)18(24)12-4-5-15(16(8-12)21(25)26)19-6-2-3-7-19/h4-5,8,13-14H,2-3,6-7,9-11H2,1H3,(H,22,23). The van der Waals surface area contributed by atoms with Crippen molar-refractivity contribution in [3.8, 4) is 0 Å². The maximum absolute atomic E-state index is 12.9. The normalized spacial score (nSPS) is 22.3. The Morgan fingerprint density at radius 1 is 1.33 bits per heavy atom. The van der Waals surface area contributed by atoms with Crippen molar-refractivity contribution >= 4 is 23.3 Å². The fraction of sp³-hybridized carbons (Fsp3) is 0.556. The number of benzene rings is 1. The molecular formula is C18H23N3O6. The second kappa shape index (κ2) is 7.91. The summed E-state index contributed by atoms with van der Waals surface area (Å²) in [6.07, 6.45) is 1.99. The van der Waals surface area contributed by atoms with Crippen molar-refractivity contribution in [3.05, 3.63) is 33.9 Å². The number of methoxy groups -OCH3 is 1. The molecule has 0 radical (unpaired) electrons. The van der Waals surface area contributed by atoms with Gasteiger partial charge in [0.1, 0.15) is 5.69 Å². The Labute approximate surface area is 156 Å². The fourth-order valence-corrected chi connectivity index (χ4v) is 3.88. The number of rotatable bonds is 6. The van der Waals surface area contributed by atoms with Gasteiger partial charge in [-0.2, -0.15) is 0 Å². The van der Waals surface area contributed by atoms with Gasteiger partial charge in [0.2, 0.25) is 0 Å². The molecule has 3 rings (SSSR count). The van der Waals surface area contributed by atoms with Gasteiger partial charge in [-0.15, -0.1) is 0 Å². The molecule has 0 saturated carbocycles. The smallest absolute Gasteiger partial charge is 0.305 e. The number of carboxylic acids is 1. The Kier molecular flexibility index (Phi) is 5.59. The number of nitrogens with zero attached hydrogens (tertiary/aromatic N) is 3. The highest BCUT2D eigenvalue weighted by molar-refractivity contribution is 5.96. The van der Waals surface area contributed by atoms with Gasteiger partial charge < -0.3 is 19.6 Å². The van der Waals surface area contributed by atoms with Crippen LogP contribution in [0.4, 0.5) is 11.4 Å². The summed E-state index contributed by atoms with van der Waals surface area (Å²) in [6.45, 7) is 1.79. The zero-order valence-corrected chi connectivity index (χ0v) is 15.2. The Morgan fingerprint density at radius 3 is 2.63 bits per heavy atom. The molecule has 2 unspecified atom stereocenters. The average Bonchev–Trinajstić information content (AvgIpc) is 3.30. The number of carbonyl (C=O) groups is 2. The lowest BCUT2D eigenvalue weighted by atomic mass is 10.1. The molecule has 1 aromatic carbocycles. The zero-order chi connectivity index (χ0) is 19.6. The molecule has 2 atom stereocenters. The van der Waals surface area contributed by atoms with Gasteiger partial charge in [-0.3, -0.25) is 19.7 Å². The largest absolute Gasteiger partial charge is 0.481 e. The van der Waals surface area contributed by atoms with E-state index in [4.69, 9.17) is 9.84 Å². The van der Waals surface area contributed by atoms with E-state index in [2.05, 4.69) is 0 Å². The van der Waals surface area contributed by atoms with Crippen molar-refractivity contribution < 1.29 is 24.4 Å². The highest BCUT2D eigenvalue weighted by Crippen LogP contribution is 2.33. The van der Waals surface area contributed by atoms with Crippen molar-refractivity contribution in [2.45, 2.75) is 37.8 Å². The summed E-state index contributed by atoms with van der Waals surface area (Å²) >= 11 is 0.